The van der Waals surface area contributed by atoms with Crippen LogP contribution in [0.2, 0.25) is 0 Å². The molecule has 6 nitrogen and oxygen atoms in total. The van der Waals surface area contributed by atoms with E-state index in [1.165, 1.54) is 6.42 Å². The Labute approximate surface area is 122 Å². The van der Waals surface area contributed by atoms with Crippen molar-refractivity contribution in [1.29, 1.82) is 0 Å². The van der Waals surface area contributed by atoms with E-state index >= 15 is 0 Å². The molecular weight excluding hydrogens is 266 g/mol. The van der Waals surface area contributed by atoms with Gasteiger partial charge in [0, 0.05) is 25.4 Å². The second kappa shape index (κ2) is 4.96. The third-order valence-corrected chi connectivity index (χ3v) is 3.96. The highest BCUT2D eigenvalue weighted by molar-refractivity contribution is 5.78. The minimum atomic E-state index is 0.0612. The molecule has 6 heteroatoms. The minimum absolute atomic E-state index is 0.0612. The van der Waals surface area contributed by atoms with Crippen molar-refractivity contribution < 1.29 is 4.74 Å². The Balaban J connectivity index is 1.66. The second-order valence-electron chi connectivity index (χ2n) is 5.44. The predicted molar refractivity (Wildman–Crippen MR) is 78.6 cm³/mol. The zero-order valence-electron chi connectivity index (χ0n) is 11.9. The first kappa shape index (κ1) is 12.5. The first-order valence-electron chi connectivity index (χ1n) is 7.24. The number of aromatic nitrogens is 5. The van der Waals surface area contributed by atoms with E-state index in [4.69, 9.17) is 4.74 Å². The van der Waals surface area contributed by atoms with E-state index in [1.807, 2.05) is 41.0 Å². The lowest BCUT2D eigenvalue weighted by Crippen LogP contribution is -2.18. The maximum atomic E-state index is 5.75. The van der Waals surface area contributed by atoms with Crippen LogP contribution < -0.4 is 0 Å². The molecule has 1 atom stereocenters. The van der Waals surface area contributed by atoms with Crippen LogP contribution in [-0.2, 0) is 11.8 Å². The topological polar surface area (TPSA) is 57.8 Å². The summed E-state index contributed by atoms with van der Waals surface area (Å²) >= 11 is 0. The Morgan fingerprint density at radius 3 is 3.05 bits per heavy atom. The molecule has 0 aliphatic carbocycles. The van der Waals surface area contributed by atoms with Crippen LogP contribution in [0.3, 0.4) is 0 Å². The molecule has 1 unspecified atom stereocenters. The molecule has 0 radical (unpaired) electrons. The largest absolute Gasteiger partial charge is 0.357 e. The summed E-state index contributed by atoms with van der Waals surface area (Å²) in [5.41, 5.74) is 3.87. The summed E-state index contributed by atoms with van der Waals surface area (Å²) in [6.07, 6.45) is 10.9. The van der Waals surface area contributed by atoms with Crippen LogP contribution in [0.1, 0.15) is 25.5 Å². The number of pyridine rings is 1. The Bertz CT molecular complexity index is 769. The van der Waals surface area contributed by atoms with Gasteiger partial charge < -0.3 is 9.30 Å². The van der Waals surface area contributed by atoms with Gasteiger partial charge in [0.05, 0.1) is 35.4 Å². The summed E-state index contributed by atoms with van der Waals surface area (Å²) in [5, 5.41) is 4.43. The zero-order valence-corrected chi connectivity index (χ0v) is 11.9. The number of fused-ring (bicyclic) bond motifs is 1. The highest BCUT2D eigenvalue weighted by atomic mass is 16.5. The summed E-state index contributed by atoms with van der Waals surface area (Å²) in [6, 6.07) is 2.00. The second-order valence-corrected chi connectivity index (χ2v) is 5.44. The first-order valence-corrected chi connectivity index (χ1v) is 7.24. The number of nitrogens with zero attached hydrogens (tertiary/aromatic N) is 5. The van der Waals surface area contributed by atoms with Crippen molar-refractivity contribution in [2.75, 3.05) is 6.61 Å². The lowest BCUT2D eigenvalue weighted by Gasteiger charge is -2.22. The molecule has 4 rings (SSSR count). The lowest BCUT2D eigenvalue weighted by atomic mass is 10.2. The van der Waals surface area contributed by atoms with Gasteiger partial charge in [0.1, 0.15) is 6.23 Å². The van der Waals surface area contributed by atoms with E-state index in [2.05, 4.69) is 15.1 Å². The highest BCUT2D eigenvalue weighted by Gasteiger charge is 2.17. The van der Waals surface area contributed by atoms with Crippen LogP contribution in [0, 0.1) is 0 Å². The number of hydrogen-bond donors (Lipinski definition) is 0. The highest BCUT2D eigenvalue weighted by Crippen LogP contribution is 2.25. The van der Waals surface area contributed by atoms with Crippen LogP contribution in [0.5, 0.6) is 0 Å². The molecule has 1 saturated heterocycles. The van der Waals surface area contributed by atoms with E-state index in [9.17, 15) is 0 Å². The van der Waals surface area contributed by atoms with Gasteiger partial charge in [0.2, 0.25) is 0 Å². The normalized spacial score (nSPS) is 19.2. The molecule has 0 aromatic carbocycles. The molecule has 108 valence electrons. The maximum absolute atomic E-state index is 5.75. The van der Waals surface area contributed by atoms with Crippen molar-refractivity contribution in [1.82, 2.24) is 24.3 Å². The monoisotopic (exact) mass is 283 g/mol. The Hall–Kier alpha value is -2.21. The van der Waals surface area contributed by atoms with E-state index in [1.54, 1.807) is 6.33 Å². The quantitative estimate of drug-likeness (QED) is 0.725. The van der Waals surface area contributed by atoms with E-state index < -0.39 is 0 Å². The van der Waals surface area contributed by atoms with Crippen LogP contribution in [0.25, 0.3) is 22.3 Å². The molecule has 1 fully saturated rings. The van der Waals surface area contributed by atoms with Gasteiger partial charge in [0.15, 0.2) is 0 Å². The van der Waals surface area contributed by atoms with Crippen molar-refractivity contribution in [2.45, 2.75) is 25.5 Å². The molecular formula is C15H17N5O. The van der Waals surface area contributed by atoms with Gasteiger partial charge in [-0.3, -0.25) is 4.98 Å². The number of rotatable bonds is 2. The molecule has 4 heterocycles. The standard InChI is InChI=1S/C15H17N5O/c1-19-10-17-13-6-12(16-8-14(13)19)11-7-18-20(9-11)15-4-2-3-5-21-15/h6-10,15H,2-5H2,1H3. The summed E-state index contributed by atoms with van der Waals surface area (Å²) in [6.45, 7) is 0.817. The van der Waals surface area contributed by atoms with Gasteiger partial charge in [-0.2, -0.15) is 5.10 Å². The molecule has 3 aromatic rings. The van der Waals surface area contributed by atoms with Gasteiger partial charge in [0.25, 0.3) is 0 Å². The average Bonchev–Trinajstić information content (AvgIpc) is 3.15. The molecule has 0 N–H and O–H groups in total. The van der Waals surface area contributed by atoms with E-state index in [0.717, 1.165) is 41.7 Å². The van der Waals surface area contributed by atoms with Gasteiger partial charge in [-0.05, 0) is 25.3 Å². The summed E-state index contributed by atoms with van der Waals surface area (Å²) < 4.78 is 9.62. The lowest BCUT2D eigenvalue weighted by molar-refractivity contribution is -0.0394. The Kier molecular flexibility index (Phi) is 2.96. The van der Waals surface area contributed by atoms with Gasteiger partial charge in [-0.1, -0.05) is 0 Å². The molecule has 0 bridgehead atoms. The number of aryl methyl sites for hydroxylation is 1. The van der Waals surface area contributed by atoms with Crippen LogP contribution in [-0.4, -0.2) is 30.9 Å². The smallest absolute Gasteiger partial charge is 0.150 e. The van der Waals surface area contributed by atoms with Gasteiger partial charge in [-0.25, -0.2) is 9.67 Å². The van der Waals surface area contributed by atoms with Crippen molar-refractivity contribution in [3.63, 3.8) is 0 Å². The fraction of sp³-hybridized carbons (Fsp3) is 0.400. The van der Waals surface area contributed by atoms with Crippen molar-refractivity contribution >= 4 is 11.0 Å². The molecule has 1 aliphatic heterocycles. The number of hydrogen-bond acceptors (Lipinski definition) is 4. The molecule has 0 amide bonds. The van der Waals surface area contributed by atoms with Gasteiger partial charge in [-0.15, -0.1) is 0 Å². The zero-order chi connectivity index (χ0) is 14.2. The fourth-order valence-electron chi connectivity index (χ4n) is 2.74. The third kappa shape index (κ3) is 2.21. The molecule has 3 aromatic heterocycles. The molecule has 0 spiro atoms. The Morgan fingerprint density at radius 1 is 1.24 bits per heavy atom. The Morgan fingerprint density at radius 2 is 2.19 bits per heavy atom. The van der Waals surface area contributed by atoms with E-state index in [-0.39, 0.29) is 6.23 Å². The molecule has 0 saturated carbocycles. The SMILES string of the molecule is Cn1cnc2cc(-c3cnn(C4CCCCO4)c3)ncc21. The van der Waals surface area contributed by atoms with Crippen LogP contribution in [0.4, 0.5) is 0 Å². The predicted octanol–water partition coefficient (Wildman–Crippen LogP) is 2.53. The molecule has 21 heavy (non-hydrogen) atoms. The molecule has 1 aliphatic rings. The average molecular weight is 283 g/mol. The summed E-state index contributed by atoms with van der Waals surface area (Å²) in [7, 11) is 1.97. The minimum Gasteiger partial charge on any atom is -0.357 e. The number of imidazole rings is 1. The van der Waals surface area contributed by atoms with Crippen LogP contribution >= 0.6 is 0 Å². The van der Waals surface area contributed by atoms with Gasteiger partial charge >= 0.3 is 0 Å². The summed E-state index contributed by atoms with van der Waals surface area (Å²) in [5.74, 6) is 0. The van der Waals surface area contributed by atoms with Crippen molar-refractivity contribution in [2.24, 2.45) is 7.05 Å². The number of ether oxygens (including phenoxy) is 1. The first-order chi connectivity index (χ1) is 10.3. The third-order valence-electron chi connectivity index (χ3n) is 3.96. The fourth-order valence-corrected chi connectivity index (χ4v) is 2.74. The van der Waals surface area contributed by atoms with Crippen molar-refractivity contribution in [3.05, 3.63) is 31.0 Å². The van der Waals surface area contributed by atoms with Crippen molar-refractivity contribution in [3.8, 4) is 11.3 Å². The maximum Gasteiger partial charge on any atom is 0.150 e. The van der Waals surface area contributed by atoms with E-state index in [0.29, 0.717) is 0 Å². The summed E-state index contributed by atoms with van der Waals surface area (Å²) in [4.78, 5) is 8.89. The van der Waals surface area contributed by atoms with Crippen LogP contribution in [0.15, 0.2) is 31.0 Å².